The Morgan fingerprint density at radius 2 is 1.22 bits per heavy atom. The zero-order valence-corrected chi connectivity index (χ0v) is 19.3. The number of nitrogens with zero attached hydrogens (tertiary/aromatic N) is 2. The first-order chi connectivity index (χ1) is 17.3. The van der Waals surface area contributed by atoms with Crippen LogP contribution in [0.3, 0.4) is 0 Å². The molecule has 8 bridgehead atoms. The van der Waals surface area contributed by atoms with Gasteiger partial charge in [0.25, 0.3) is 0 Å². The third-order valence-corrected chi connectivity index (χ3v) is 5.74. The molecule has 0 amide bonds. The molecule has 0 spiro atoms. The number of hydrogen-bond acceptors (Lipinski definition) is 8. The minimum Gasteiger partial charge on any atom is -0.394 e. The van der Waals surface area contributed by atoms with E-state index in [9.17, 15) is 4.79 Å². The van der Waals surface area contributed by atoms with Crippen LogP contribution in [0.4, 0.5) is 0 Å². The second-order valence-electron chi connectivity index (χ2n) is 8.56. The Morgan fingerprint density at radius 3 is 1.67 bits per heavy atom. The number of fused-ring (bicyclic) bond motifs is 8. The van der Waals surface area contributed by atoms with Crippen molar-refractivity contribution in [2.75, 3.05) is 6.61 Å². The van der Waals surface area contributed by atoms with Crippen LogP contribution >= 0.6 is 0 Å². The summed E-state index contributed by atoms with van der Waals surface area (Å²) in [7, 11) is 0. The molecule has 0 saturated heterocycles. The molecule has 10 nitrogen and oxygen atoms in total. The van der Waals surface area contributed by atoms with Gasteiger partial charge in [0.15, 0.2) is 6.29 Å². The van der Waals surface area contributed by atoms with Gasteiger partial charge in [-0.25, -0.2) is 4.98 Å². The first-order valence-corrected chi connectivity index (χ1v) is 11.5. The fourth-order valence-corrected chi connectivity index (χ4v) is 3.81. The summed E-state index contributed by atoms with van der Waals surface area (Å²) in [4.78, 5) is 26.1. The van der Waals surface area contributed by atoms with Gasteiger partial charge in [-0.05, 0) is 73.5 Å². The highest BCUT2D eigenvalue weighted by molar-refractivity contribution is 5.74. The van der Waals surface area contributed by atoms with E-state index in [2.05, 4.69) is 63.5 Å². The summed E-state index contributed by atoms with van der Waals surface area (Å²) < 4.78 is 0. The minimum atomic E-state index is -1.79. The van der Waals surface area contributed by atoms with E-state index in [1.807, 2.05) is 12.2 Å². The fourth-order valence-electron chi connectivity index (χ4n) is 3.81. The topological polar surface area (TPSA) is 176 Å². The zero-order chi connectivity index (χ0) is 25.7. The van der Waals surface area contributed by atoms with E-state index < -0.39 is 31.0 Å². The Balaban J connectivity index is 0.000000218. The van der Waals surface area contributed by atoms with Crippen LogP contribution in [0.1, 0.15) is 22.8 Å². The van der Waals surface area contributed by atoms with Gasteiger partial charge in [-0.1, -0.05) is 0 Å². The number of rotatable bonds is 5. The number of H-pyrrole nitrogens is 2. The number of hydrogen-bond donors (Lipinski definition) is 7. The number of carbonyl (C=O) groups excluding carboxylic acids is 1. The Labute approximate surface area is 206 Å². The first kappa shape index (κ1) is 25.4. The van der Waals surface area contributed by atoms with Crippen molar-refractivity contribution in [3.63, 3.8) is 0 Å². The molecule has 188 valence electrons. The average molecular weight is 493 g/mol. The van der Waals surface area contributed by atoms with Gasteiger partial charge in [-0.3, -0.25) is 4.98 Å². The van der Waals surface area contributed by atoms with E-state index in [0.29, 0.717) is 0 Å². The van der Waals surface area contributed by atoms with Crippen LogP contribution < -0.4 is 0 Å². The Morgan fingerprint density at radius 1 is 0.750 bits per heavy atom. The first-order valence-electron chi connectivity index (χ1n) is 11.5. The van der Waals surface area contributed by atoms with Gasteiger partial charge in [0.1, 0.15) is 24.4 Å². The van der Waals surface area contributed by atoms with Gasteiger partial charge >= 0.3 is 0 Å². The molecule has 10 heteroatoms. The van der Waals surface area contributed by atoms with Gasteiger partial charge in [-0.15, -0.1) is 0 Å². The van der Waals surface area contributed by atoms with E-state index in [1.54, 1.807) is 0 Å². The fraction of sp³-hybridized carbons (Fsp3) is 0.269. The van der Waals surface area contributed by atoms with Crippen LogP contribution in [0.2, 0.25) is 0 Å². The van der Waals surface area contributed by atoms with Crippen LogP contribution in [0.25, 0.3) is 34.2 Å². The van der Waals surface area contributed by atoms with Crippen LogP contribution in [-0.2, 0) is 17.6 Å². The number of aliphatic hydroxyl groups excluding tert-OH is 5. The monoisotopic (exact) mass is 492 g/mol. The smallest absolute Gasteiger partial charge is 0.151 e. The van der Waals surface area contributed by atoms with Gasteiger partial charge in [0.05, 0.1) is 18.0 Å². The lowest BCUT2D eigenvalue weighted by atomic mass is 10.0. The molecule has 3 aromatic rings. The van der Waals surface area contributed by atoms with Crippen molar-refractivity contribution in [3.05, 3.63) is 71.3 Å². The molecule has 0 aromatic carbocycles. The van der Waals surface area contributed by atoms with Crippen molar-refractivity contribution in [3.8, 4) is 0 Å². The van der Waals surface area contributed by atoms with Crippen LogP contribution in [0.15, 0.2) is 48.5 Å². The molecule has 2 aliphatic rings. The number of aryl methyl sites for hydroxylation is 2. The van der Waals surface area contributed by atoms with E-state index >= 15 is 0 Å². The summed E-state index contributed by atoms with van der Waals surface area (Å²) in [6.45, 7) is -0.760. The maximum absolute atomic E-state index is 9.90. The van der Waals surface area contributed by atoms with Crippen molar-refractivity contribution < 1.29 is 30.3 Å². The van der Waals surface area contributed by atoms with Crippen LogP contribution in [0, 0.1) is 0 Å². The minimum absolute atomic E-state index is 0.0258. The van der Waals surface area contributed by atoms with Gasteiger partial charge in [0.2, 0.25) is 0 Å². The lowest BCUT2D eigenvalue weighted by Crippen LogP contribution is -2.46. The number of aliphatic hydroxyl groups is 5. The van der Waals surface area contributed by atoms with Crippen molar-refractivity contribution in [2.45, 2.75) is 37.3 Å². The Kier molecular flexibility index (Phi) is 8.04. The van der Waals surface area contributed by atoms with Crippen molar-refractivity contribution >= 4 is 40.5 Å². The average Bonchev–Trinajstić information content (AvgIpc) is 3.68. The lowest BCUT2D eigenvalue weighted by molar-refractivity contribution is -0.136. The maximum atomic E-state index is 9.90. The second kappa shape index (κ2) is 11.4. The highest BCUT2D eigenvalue weighted by atomic mass is 16.4. The molecular weight excluding hydrogens is 464 g/mol. The van der Waals surface area contributed by atoms with Crippen molar-refractivity contribution in [2.24, 2.45) is 0 Å². The van der Waals surface area contributed by atoms with Crippen LogP contribution in [0.5, 0.6) is 0 Å². The molecular formula is C26H28N4O6. The second-order valence-corrected chi connectivity index (χ2v) is 8.56. The summed E-state index contributed by atoms with van der Waals surface area (Å²) in [5.74, 6) is 0. The molecule has 0 fully saturated rings. The molecule has 0 aliphatic carbocycles. The summed E-state index contributed by atoms with van der Waals surface area (Å²) in [6.07, 6.45) is -0.806. The summed E-state index contributed by atoms with van der Waals surface area (Å²) in [5.41, 5.74) is 8.40. The molecule has 2 aliphatic heterocycles. The number of nitrogens with one attached hydrogen (secondary N) is 2. The summed E-state index contributed by atoms with van der Waals surface area (Å²) >= 11 is 0. The number of aldehydes is 1. The zero-order valence-electron chi connectivity index (χ0n) is 19.3. The third-order valence-electron chi connectivity index (χ3n) is 5.74. The molecule has 0 unspecified atom stereocenters. The predicted octanol–water partition coefficient (Wildman–Crippen LogP) is 0.892. The van der Waals surface area contributed by atoms with E-state index in [-0.39, 0.29) is 6.29 Å². The highest BCUT2D eigenvalue weighted by Crippen LogP contribution is 2.16. The molecule has 4 atom stereocenters. The molecule has 36 heavy (non-hydrogen) atoms. The van der Waals surface area contributed by atoms with Crippen molar-refractivity contribution in [1.82, 2.24) is 19.9 Å². The lowest BCUT2D eigenvalue weighted by Gasteiger charge is -2.22. The normalized spacial score (nSPS) is 15.9. The highest BCUT2D eigenvalue weighted by Gasteiger charge is 2.29. The molecule has 0 saturated carbocycles. The van der Waals surface area contributed by atoms with E-state index in [4.69, 9.17) is 30.5 Å². The molecule has 5 heterocycles. The summed E-state index contributed by atoms with van der Waals surface area (Å²) in [5, 5.41) is 43.5. The summed E-state index contributed by atoms with van der Waals surface area (Å²) in [6, 6.07) is 16.7. The Bertz CT molecular complexity index is 1310. The molecule has 5 rings (SSSR count). The van der Waals surface area contributed by atoms with E-state index in [0.717, 1.165) is 57.7 Å². The third kappa shape index (κ3) is 6.30. The Hall–Kier alpha value is -3.67. The van der Waals surface area contributed by atoms with Crippen molar-refractivity contribution in [1.29, 1.82) is 0 Å². The molecule has 3 aromatic heterocycles. The SMILES string of the molecule is C1=Cc2cc3ccc(cc4nc(cc5ccc(cc1n2)[nH]5)CC4)[nH]3.O=C[C@H](O)[C@@H](O)[C@@H](O)[C@H](O)CO. The number of carbonyl (C=O) groups is 1. The van der Waals surface area contributed by atoms with Gasteiger partial charge < -0.3 is 40.3 Å². The quantitative estimate of drug-likeness (QED) is 0.201. The maximum Gasteiger partial charge on any atom is 0.151 e. The number of aromatic nitrogens is 4. The van der Waals surface area contributed by atoms with Crippen LogP contribution in [-0.4, -0.2) is 82.8 Å². The standard InChI is InChI=1S/C20H16N4.C6H12O6/c1-2-14-10-16-5-6-18(23-16)12-20-8-7-19(24-20)11-17-4-3-15(22-17)9-13(1)21-14;7-1-3(9)5(11)6(12)4(10)2-8/h1-6,9-12,22-23H,7-8H2;1,3-6,8-12H,2H2/t;3-,4+,5+,6-/m.0/s1. The van der Waals surface area contributed by atoms with Gasteiger partial charge in [0, 0.05) is 33.5 Å². The largest absolute Gasteiger partial charge is 0.394 e. The predicted molar refractivity (Wildman–Crippen MR) is 135 cm³/mol. The molecule has 0 radical (unpaired) electrons. The van der Waals surface area contributed by atoms with E-state index in [1.165, 1.54) is 0 Å². The number of aromatic amines is 2. The molecule has 7 N–H and O–H groups in total. The van der Waals surface area contributed by atoms with Gasteiger partial charge in [-0.2, -0.15) is 0 Å².